The van der Waals surface area contributed by atoms with Gasteiger partial charge in [-0.1, -0.05) is 181 Å². The maximum Gasteiger partial charge on any atom is 0.335 e. The molecule has 1 saturated heterocycles. The number of aliphatic hydroxyl groups is 2. The van der Waals surface area contributed by atoms with Crippen LogP contribution >= 0.6 is 0 Å². The second-order valence-corrected chi connectivity index (χ2v) is 18.1. The molecular weight excluding hydrogens is 925 g/mol. The predicted octanol–water partition coefficient (Wildman–Crippen LogP) is 13.7. The van der Waals surface area contributed by atoms with Gasteiger partial charge in [0.15, 0.2) is 24.6 Å². The van der Waals surface area contributed by atoms with Crippen molar-refractivity contribution >= 4 is 23.9 Å². The molecule has 1 heterocycles. The monoisotopic (exact) mass is 1020 g/mol. The van der Waals surface area contributed by atoms with Gasteiger partial charge in [0.1, 0.15) is 18.8 Å². The van der Waals surface area contributed by atoms with E-state index in [-0.39, 0.29) is 25.9 Å². The fraction of sp³-hybridized carbons (Fsp3) is 0.607. The minimum absolute atomic E-state index is 0.0715. The number of aliphatic hydroxyl groups excluding tert-OH is 2. The minimum Gasteiger partial charge on any atom is -0.479 e. The fourth-order valence-electron chi connectivity index (χ4n) is 7.41. The van der Waals surface area contributed by atoms with Crippen molar-refractivity contribution in [3.63, 3.8) is 0 Å². The van der Waals surface area contributed by atoms with Crippen molar-refractivity contribution in [2.45, 2.75) is 225 Å². The Hall–Kier alpha value is -4.88. The van der Waals surface area contributed by atoms with Crippen molar-refractivity contribution < 1.29 is 58.2 Å². The Kier molecular flexibility index (Phi) is 43.6. The Morgan fingerprint density at radius 2 is 0.849 bits per heavy atom. The predicted molar refractivity (Wildman–Crippen MR) is 293 cm³/mol. The summed E-state index contributed by atoms with van der Waals surface area (Å²) in [7, 11) is 0. The lowest BCUT2D eigenvalue weighted by molar-refractivity contribution is -0.301. The van der Waals surface area contributed by atoms with E-state index in [4.69, 9.17) is 23.7 Å². The second kappa shape index (κ2) is 48.1. The van der Waals surface area contributed by atoms with Gasteiger partial charge in [0, 0.05) is 19.3 Å². The van der Waals surface area contributed by atoms with E-state index >= 15 is 0 Å². The van der Waals surface area contributed by atoms with Gasteiger partial charge >= 0.3 is 23.9 Å². The number of carbonyl (C=O) groups excluding carboxylic acids is 3. The van der Waals surface area contributed by atoms with Crippen molar-refractivity contribution in [2.24, 2.45) is 0 Å². The smallest absolute Gasteiger partial charge is 0.335 e. The van der Waals surface area contributed by atoms with E-state index in [9.17, 15) is 34.5 Å². The molecule has 410 valence electrons. The van der Waals surface area contributed by atoms with Gasteiger partial charge in [-0.25, -0.2) is 4.79 Å². The molecule has 6 atom stereocenters. The van der Waals surface area contributed by atoms with Gasteiger partial charge in [0.2, 0.25) is 0 Å². The van der Waals surface area contributed by atoms with E-state index in [2.05, 4.69) is 124 Å². The molecule has 0 radical (unpaired) electrons. The molecule has 0 aromatic rings. The van der Waals surface area contributed by atoms with Crippen LogP contribution in [0.3, 0.4) is 0 Å². The summed E-state index contributed by atoms with van der Waals surface area (Å²) in [5.74, 6) is -3.30. The van der Waals surface area contributed by atoms with Gasteiger partial charge in [-0.05, 0) is 109 Å². The molecule has 0 aliphatic carbocycles. The van der Waals surface area contributed by atoms with Crippen LogP contribution in [0, 0.1) is 0 Å². The van der Waals surface area contributed by atoms with E-state index in [1.807, 2.05) is 18.2 Å². The van der Waals surface area contributed by atoms with Crippen molar-refractivity contribution in [2.75, 3.05) is 13.2 Å². The Bertz CT molecular complexity index is 1730. The molecule has 3 N–H and O–H groups in total. The van der Waals surface area contributed by atoms with Gasteiger partial charge in [0.05, 0.1) is 6.61 Å². The zero-order chi connectivity index (χ0) is 53.3. The summed E-state index contributed by atoms with van der Waals surface area (Å²) >= 11 is 0. The summed E-state index contributed by atoms with van der Waals surface area (Å²) in [6, 6.07) is 0. The molecule has 12 heteroatoms. The molecule has 0 saturated carbocycles. The van der Waals surface area contributed by atoms with Gasteiger partial charge in [0.25, 0.3) is 0 Å². The third-order valence-corrected chi connectivity index (χ3v) is 11.5. The number of carboxylic acids is 1. The number of rotatable bonds is 44. The van der Waals surface area contributed by atoms with Crippen molar-refractivity contribution in [3.8, 4) is 0 Å². The normalized spacial score (nSPS) is 19.3. The molecule has 0 bridgehead atoms. The summed E-state index contributed by atoms with van der Waals surface area (Å²) in [6.07, 6.45) is 53.4. The summed E-state index contributed by atoms with van der Waals surface area (Å²) < 4.78 is 28.2. The third kappa shape index (κ3) is 38.4. The maximum atomic E-state index is 13.1. The first-order chi connectivity index (χ1) is 35.6. The van der Waals surface area contributed by atoms with Crippen LogP contribution in [0.2, 0.25) is 0 Å². The van der Waals surface area contributed by atoms with Gasteiger partial charge in [-0.3, -0.25) is 14.4 Å². The van der Waals surface area contributed by atoms with E-state index in [1.54, 1.807) is 0 Å². The van der Waals surface area contributed by atoms with E-state index in [0.717, 1.165) is 122 Å². The first-order valence-electron chi connectivity index (χ1n) is 27.5. The fourth-order valence-corrected chi connectivity index (χ4v) is 7.41. The first kappa shape index (κ1) is 66.1. The summed E-state index contributed by atoms with van der Waals surface area (Å²) in [6.45, 7) is 5.55. The van der Waals surface area contributed by atoms with Crippen LogP contribution in [0.4, 0.5) is 0 Å². The van der Waals surface area contributed by atoms with Crippen molar-refractivity contribution in [1.29, 1.82) is 0 Å². The molecule has 12 nitrogen and oxygen atoms in total. The number of hydrogen-bond donors (Lipinski definition) is 3. The van der Waals surface area contributed by atoms with Crippen LogP contribution in [0.5, 0.6) is 0 Å². The van der Waals surface area contributed by atoms with Gasteiger partial charge < -0.3 is 39.0 Å². The molecule has 6 unspecified atom stereocenters. The minimum atomic E-state index is -1.94. The lowest BCUT2D eigenvalue weighted by Crippen LogP contribution is -2.61. The van der Waals surface area contributed by atoms with Crippen LogP contribution in [-0.2, 0) is 42.9 Å². The topological polar surface area (TPSA) is 175 Å². The summed E-state index contributed by atoms with van der Waals surface area (Å²) in [4.78, 5) is 50.9. The highest BCUT2D eigenvalue weighted by atomic mass is 16.7. The number of allylic oxidation sites excluding steroid dienone is 20. The average molecular weight is 1020 g/mol. The molecule has 73 heavy (non-hydrogen) atoms. The SMILES string of the molecule is CC/C=C\C/C=C\C/C=C\C/C=C\CCC(=O)OC1C(OCC(COC(=O)CCCCCCCCC/C=C\C/C=C\C/C=C\CC)OC(=O)CCCCC/C=C\C/C=C\C/C=C\CC)OC(C(=O)O)C(O)C1O. The third-order valence-electron chi connectivity index (χ3n) is 11.5. The highest BCUT2D eigenvalue weighted by Crippen LogP contribution is 2.26. The molecular formula is C61H94O12. The van der Waals surface area contributed by atoms with Gasteiger partial charge in [-0.2, -0.15) is 0 Å². The molecule has 0 spiro atoms. The number of carboxylic acid groups (broad SMARTS) is 1. The number of carbonyl (C=O) groups is 4. The number of ether oxygens (including phenoxy) is 5. The molecule has 1 fully saturated rings. The molecule has 1 aliphatic rings. The lowest BCUT2D eigenvalue weighted by Gasteiger charge is -2.40. The Morgan fingerprint density at radius 3 is 1.32 bits per heavy atom. The van der Waals surface area contributed by atoms with Crippen LogP contribution in [0.25, 0.3) is 0 Å². The Labute approximate surface area is 439 Å². The van der Waals surface area contributed by atoms with E-state index < -0.39 is 67.3 Å². The standard InChI is InChI=1S/C61H94O12/c1-4-7-10-13-16-19-22-25-26-27-28-31-32-35-38-41-44-47-53(62)69-50-52(71-54(63)48-45-42-39-36-33-29-23-20-17-14-11-8-5-2)51-70-61-59(57(66)56(65)58(73-61)60(67)68)72-55(64)49-46-43-40-37-34-30-24-21-18-15-12-9-6-3/h7-12,16-21,25-26,29-30,33-34,40,43,52,56-59,61,65-66H,4-6,13-15,22-24,27-28,31-32,35-39,41-42,44-51H2,1-3H3,(H,67,68)/b10-7-,11-8-,12-9-,19-16-,20-17-,21-18-,26-25-,33-29-,34-30-,43-40-. The second-order valence-electron chi connectivity index (χ2n) is 18.1. The van der Waals surface area contributed by atoms with Crippen LogP contribution in [-0.4, -0.2) is 89.2 Å². The maximum absolute atomic E-state index is 13.1. The molecule has 0 amide bonds. The first-order valence-corrected chi connectivity index (χ1v) is 27.5. The largest absolute Gasteiger partial charge is 0.479 e. The zero-order valence-electron chi connectivity index (χ0n) is 44.8. The zero-order valence-corrected chi connectivity index (χ0v) is 44.8. The number of unbranched alkanes of at least 4 members (excludes halogenated alkanes) is 10. The number of hydrogen-bond acceptors (Lipinski definition) is 11. The summed E-state index contributed by atoms with van der Waals surface area (Å²) in [5, 5.41) is 31.4. The lowest BCUT2D eigenvalue weighted by atomic mass is 9.98. The van der Waals surface area contributed by atoms with Crippen LogP contribution < -0.4 is 0 Å². The van der Waals surface area contributed by atoms with E-state index in [1.165, 1.54) is 0 Å². The van der Waals surface area contributed by atoms with E-state index in [0.29, 0.717) is 25.7 Å². The quantitative estimate of drug-likeness (QED) is 0.0228. The van der Waals surface area contributed by atoms with Crippen molar-refractivity contribution in [1.82, 2.24) is 0 Å². The highest BCUT2D eigenvalue weighted by Gasteiger charge is 2.50. The Morgan fingerprint density at radius 1 is 0.452 bits per heavy atom. The molecule has 0 aromatic carbocycles. The molecule has 1 aliphatic heterocycles. The average Bonchev–Trinajstić information content (AvgIpc) is 3.37. The van der Waals surface area contributed by atoms with Crippen LogP contribution in [0.15, 0.2) is 122 Å². The Balaban J connectivity index is 2.77. The highest BCUT2D eigenvalue weighted by molar-refractivity contribution is 5.74. The van der Waals surface area contributed by atoms with Gasteiger partial charge in [-0.15, -0.1) is 0 Å². The number of aliphatic carboxylic acids is 1. The summed E-state index contributed by atoms with van der Waals surface area (Å²) in [5.41, 5.74) is 0. The number of esters is 3. The van der Waals surface area contributed by atoms with Crippen molar-refractivity contribution in [3.05, 3.63) is 122 Å². The molecule has 0 aromatic heterocycles. The van der Waals surface area contributed by atoms with Crippen LogP contribution in [0.1, 0.15) is 188 Å². The molecule has 1 rings (SSSR count).